The Hall–Kier alpha value is -2.42. The quantitative estimate of drug-likeness (QED) is 0.684. The highest BCUT2D eigenvalue weighted by molar-refractivity contribution is 7.89. The van der Waals surface area contributed by atoms with Crippen LogP contribution in [0, 0.1) is 0 Å². The van der Waals surface area contributed by atoms with Crippen molar-refractivity contribution in [2.75, 3.05) is 38.2 Å². The lowest BCUT2D eigenvalue weighted by molar-refractivity contribution is -0.116. The summed E-state index contributed by atoms with van der Waals surface area (Å²) in [6.45, 7) is 1.97. The molecule has 0 aliphatic carbocycles. The van der Waals surface area contributed by atoms with Gasteiger partial charge in [-0.05, 0) is 42.8 Å². The van der Waals surface area contributed by atoms with Crippen molar-refractivity contribution in [3.8, 4) is 5.75 Å². The number of anilines is 1. The maximum absolute atomic E-state index is 12.6. The molecule has 28 heavy (non-hydrogen) atoms. The first kappa shape index (κ1) is 20.3. The van der Waals surface area contributed by atoms with Gasteiger partial charge in [-0.25, -0.2) is 8.42 Å². The summed E-state index contributed by atoms with van der Waals surface area (Å²) in [7, 11) is -3.53. The van der Waals surface area contributed by atoms with Crippen LogP contribution in [0.5, 0.6) is 5.75 Å². The fourth-order valence-electron chi connectivity index (χ4n) is 2.81. The van der Waals surface area contributed by atoms with Crippen LogP contribution in [0.15, 0.2) is 59.5 Å². The maximum atomic E-state index is 12.6. The highest BCUT2D eigenvalue weighted by atomic mass is 32.2. The maximum Gasteiger partial charge on any atom is 0.243 e. The standard InChI is InChI=1S/C20H24N2O5S/c23-20(7-4-14-27-18-5-2-1-3-6-18)21-17-8-10-19(11-9-17)28(24,25)22-12-15-26-16-13-22/h1-3,5-6,8-11H,4,7,12-16H2,(H,21,23). The number of ether oxygens (including phenoxy) is 2. The molecule has 0 spiro atoms. The van der Waals surface area contributed by atoms with Crippen LogP contribution in [-0.4, -0.2) is 51.5 Å². The second-order valence-corrected chi connectivity index (χ2v) is 8.29. The van der Waals surface area contributed by atoms with Crippen LogP contribution in [0.1, 0.15) is 12.8 Å². The van der Waals surface area contributed by atoms with Gasteiger partial charge in [-0.1, -0.05) is 18.2 Å². The lowest BCUT2D eigenvalue weighted by atomic mass is 10.2. The Morgan fingerprint density at radius 1 is 1.04 bits per heavy atom. The summed E-state index contributed by atoms with van der Waals surface area (Å²) in [5.74, 6) is 0.639. The molecule has 0 bridgehead atoms. The van der Waals surface area contributed by atoms with E-state index in [-0.39, 0.29) is 10.8 Å². The van der Waals surface area contributed by atoms with E-state index < -0.39 is 10.0 Å². The number of hydrogen-bond donors (Lipinski definition) is 1. The molecule has 0 unspecified atom stereocenters. The summed E-state index contributed by atoms with van der Waals surface area (Å²) in [6, 6.07) is 15.7. The fourth-order valence-corrected chi connectivity index (χ4v) is 4.22. The molecule has 1 heterocycles. The van der Waals surface area contributed by atoms with Gasteiger partial charge in [-0.15, -0.1) is 0 Å². The minimum atomic E-state index is -3.53. The molecular formula is C20H24N2O5S. The molecule has 1 aliphatic heterocycles. The molecule has 150 valence electrons. The number of carbonyl (C=O) groups is 1. The Kier molecular flexibility index (Phi) is 7.02. The van der Waals surface area contributed by atoms with Gasteiger partial charge in [0.15, 0.2) is 0 Å². The van der Waals surface area contributed by atoms with Gasteiger partial charge >= 0.3 is 0 Å². The van der Waals surface area contributed by atoms with Gasteiger partial charge in [0.25, 0.3) is 0 Å². The summed E-state index contributed by atoms with van der Waals surface area (Å²) >= 11 is 0. The number of sulfonamides is 1. The number of para-hydroxylation sites is 1. The van der Waals surface area contributed by atoms with Gasteiger partial charge in [0.1, 0.15) is 5.75 Å². The molecule has 1 N–H and O–H groups in total. The van der Waals surface area contributed by atoms with Crippen LogP contribution >= 0.6 is 0 Å². The summed E-state index contributed by atoms with van der Waals surface area (Å²) in [4.78, 5) is 12.3. The number of morpholine rings is 1. The Balaban J connectivity index is 1.46. The smallest absolute Gasteiger partial charge is 0.243 e. The monoisotopic (exact) mass is 404 g/mol. The molecule has 1 saturated heterocycles. The third kappa shape index (κ3) is 5.54. The van der Waals surface area contributed by atoms with E-state index in [0.29, 0.717) is 51.4 Å². The van der Waals surface area contributed by atoms with Gasteiger partial charge in [0, 0.05) is 25.2 Å². The van der Waals surface area contributed by atoms with E-state index >= 15 is 0 Å². The number of carbonyl (C=O) groups excluding carboxylic acids is 1. The van der Waals surface area contributed by atoms with Crippen molar-refractivity contribution >= 4 is 21.6 Å². The van der Waals surface area contributed by atoms with Crippen LogP contribution in [0.3, 0.4) is 0 Å². The van der Waals surface area contributed by atoms with E-state index in [0.717, 1.165) is 5.75 Å². The van der Waals surface area contributed by atoms with Crippen LogP contribution < -0.4 is 10.1 Å². The molecule has 8 heteroatoms. The van der Waals surface area contributed by atoms with Crippen LogP contribution in [-0.2, 0) is 19.6 Å². The van der Waals surface area contributed by atoms with E-state index in [1.165, 1.54) is 16.4 Å². The van der Waals surface area contributed by atoms with Crippen LogP contribution in [0.25, 0.3) is 0 Å². The first-order valence-corrected chi connectivity index (χ1v) is 10.7. The topological polar surface area (TPSA) is 84.9 Å². The summed E-state index contributed by atoms with van der Waals surface area (Å²) < 4.78 is 37.3. The minimum Gasteiger partial charge on any atom is -0.494 e. The zero-order valence-electron chi connectivity index (χ0n) is 15.5. The number of nitrogens with one attached hydrogen (secondary N) is 1. The fraction of sp³-hybridized carbons (Fsp3) is 0.350. The van der Waals surface area contributed by atoms with E-state index in [4.69, 9.17) is 9.47 Å². The van der Waals surface area contributed by atoms with Crippen molar-refractivity contribution in [2.45, 2.75) is 17.7 Å². The van der Waals surface area contributed by atoms with Crippen molar-refractivity contribution in [3.05, 3.63) is 54.6 Å². The van der Waals surface area contributed by atoms with Crippen LogP contribution in [0.4, 0.5) is 5.69 Å². The SMILES string of the molecule is O=C(CCCOc1ccccc1)Nc1ccc(S(=O)(=O)N2CCOCC2)cc1. The van der Waals surface area contributed by atoms with E-state index in [1.54, 1.807) is 12.1 Å². The third-order valence-corrected chi connectivity index (χ3v) is 6.22. The normalized spacial score (nSPS) is 15.1. The van der Waals surface area contributed by atoms with E-state index in [2.05, 4.69) is 5.32 Å². The molecule has 1 fully saturated rings. The highest BCUT2D eigenvalue weighted by Gasteiger charge is 2.26. The number of rotatable bonds is 8. The van der Waals surface area contributed by atoms with Crippen molar-refractivity contribution in [2.24, 2.45) is 0 Å². The van der Waals surface area contributed by atoms with Crippen molar-refractivity contribution in [1.29, 1.82) is 0 Å². The minimum absolute atomic E-state index is 0.138. The van der Waals surface area contributed by atoms with Gasteiger partial charge < -0.3 is 14.8 Å². The zero-order valence-corrected chi connectivity index (χ0v) is 16.4. The number of hydrogen-bond acceptors (Lipinski definition) is 5. The lowest BCUT2D eigenvalue weighted by Gasteiger charge is -2.26. The first-order chi connectivity index (χ1) is 13.6. The highest BCUT2D eigenvalue weighted by Crippen LogP contribution is 2.19. The van der Waals surface area contributed by atoms with Crippen LogP contribution in [0.2, 0.25) is 0 Å². The summed E-state index contributed by atoms with van der Waals surface area (Å²) in [6.07, 6.45) is 0.908. The molecule has 0 radical (unpaired) electrons. The molecule has 2 aromatic carbocycles. The first-order valence-electron chi connectivity index (χ1n) is 9.21. The number of nitrogens with zero attached hydrogens (tertiary/aromatic N) is 1. The molecular weight excluding hydrogens is 380 g/mol. The van der Waals surface area contributed by atoms with Gasteiger partial charge in [0.05, 0.1) is 24.7 Å². The van der Waals surface area contributed by atoms with Crippen molar-refractivity contribution in [3.63, 3.8) is 0 Å². The second-order valence-electron chi connectivity index (χ2n) is 6.35. The summed E-state index contributed by atoms with van der Waals surface area (Å²) in [5.41, 5.74) is 0.565. The largest absolute Gasteiger partial charge is 0.494 e. The van der Waals surface area contributed by atoms with Gasteiger partial charge in [0.2, 0.25) is 15.9 Å². The average molecular weight is 404 g/mol. The molecule has 3 rings (SSSR count). The van der Waals surface area contributed by atoms with Gasteiger partial charge in [-0.2, -0.15) is 4.31 Å². The Bertz CT molecular complexity index is 863. The molecule has 0 aromatic heterocycles. The zero-order chi connectivity index (χ0) is 19.8. The van der Waals surface area contributed by atoms with E-state index in [1.807, 2.05) is 30.3 Å². The summed E-state index contributed by atoms with van der Waals surface area (Å²) in [5, 5.41) is 2.78. The predicted octanol–water partition coefficient (Wildman–Crippen LogP) is 2.51. The lowest BCUT2D eigenvalue weighted by Crippen LogP contribution is -2.40. The van der Waals surface area contributed by atoms with E-state index in [9.17, 15) is 13.2 Å². The van der Waals surface area contributed by atoms with Gasteiger partial charge in [-0.3, -0.25) is 4.79 Å². The molecule has 1 amide bonds. The molecule has 0 saturated carbocycles. The second kappa shape index (κ2) is 9.68. The average Bonchev–Trinajstić information content (AvgIpc) is 2.73. The molecule has 1 aliphatic rings. The molecule has 2 aromatic rings. The molecule has 0 atom stereocenters. The Morgan fingerprint density at radius 3 is 2.39 bits per heavy atom. The van der Waals surface area contributed by atoms with Crippen molar-refractivity contribution in [1.82, 2.24) is 4.31 Å². The number of amides is 1. The molecule has 7 nitrogen and oxygen atoms in total. The predicted molar refractivity (Wildman–Crippen MR) is 106 cm³/mol. The van der Waals surface area contributed by atoms with Crippen molar-refractivity contribution < 1.29 is 22.7 Å². The number of benzene rings is 2. The Morgan fingerprint density at radius 2 is 1.71 bits per heavy atom. The third-order valence-electron chi connectivity index (χ3n) is 4.31. The Labute approximate surface area is 165 Å².